The number of furan rings is 1. The van der Waals surface area contributed by atoms with Gasteiger partial charge in [0.25, 0.3) is 0 Å². The molecule has 0 amide bonds. The molecule has 0 saturated heterocycles. The highest BCUT2D eigenvalue weighted by Crippen LogP contribution is 2.22. The summed E-state index contributed by atoms with van der Waals surface area (Å²) in [5.74, 6) is 0. The second kappa shape index (κ2) is 8.36. The van der Waals surface area contributed by atoms with Crippen molar-refractivity contribution in [1.29, 1.82) is 0 Å². The molecule has 4 aromatic rings. The summed E-state index contributed by atoms with van der Waals surface area (Å²) in [6.07, 6.45) is 10.4. The summed E-state index contributed by atoms with van der Waals surface area (Å²) in [4.78, 5) is 4.17. The standard InChI is InChI=1S/C24H26N2O/c1-18(26-15-19-10-11-21-16-25-13-12-20(21)14-19)6-2-3-7-22-17-27-24-9-5-4-8-23(22)24/h4-5,8-14,16-18,26H,2-3,6-7,15H2,1H3/t18-/m1/s1. The second-order valence-corrected chi connectivity index (χ2v) is 7.34. The maximum absolute atomic E-state index is 5.63. The second-order valence-electron chi connectivity index (χ2n) is 7.34. The van der Waals surface area contributed by atoms with Crippen LogP contribution in [0.2, 0.25) is 0 Å². The van der Waals surface area contributed by atoms with Gasteiger partial charge in [-0.15, -0.1) is 0 Å². The molecular weight excluding hydrogens is 332 g/mol. The molecule has 0 aliphatic rings. The molecular formula is C24H26N2O. The van der Waals surface area contributed by atoms with E-state index >= 15 is 0 Å². The van der Waals surface area contributed by atoms with Crippen LogP contribution in [-0.4, -0.2) is 11.0 Å². The van der Waals surface area contributed by atoms with E-state index in [0.29, 0.717) is 6.04 Å². The molecule has 2 heterocycles. The van der Waals surface area contributed by atoms with Crippen LogP contribution in [0.25, 0.3) is 21.7 Å². The number of aryl methyl sites for hydroxylation is 1. The van der Waals surface area contributed by atoms with Crippen molar-refractivity contribution in [3.05, 3.63) is 78.3 Å². The lowest BCUT2D eigenvalue weighted by Gasteiger charge is -2.14. The molecule has 2 aromatic heterocycles. The van der Waals surface area contributed by atoms with Crippen LogP contribution < -0.4 is 5.32 Å². The number of rotatable bonds is 8. The molecule has 138 valence electrons. The zero-order chi connectivity index (χ0) is 18.5. The number of nitrogens with one attached hydrogen (secondary N) is 1. The Morgan fingerprint density at radius 2 is 1.96 bits per heavy atom. The monoisotopic (exact) mass is 358 g/mol. The van der Waals surface area contributed by atoms with Crippen LogP contribution in [0.5, 0.6) is 0 Å². The number of hydrogen-bond donors (Lipinski definition) is 1. The number of nitrogens with zero attached hydrogens (tertiary/aromatic N) is 1. The smallest absolute Gasteiger partial charge is 0.134 e. The Morgan fingerprint density at radius 1 is 1.04 bits per heavy atom. The van der Waals surface area contributed by atoms with E-state index in [1.165, 1.54) is 46.5 Å². The van der Waals surface area contributed by atoms with Gasteiger partial charge >= 0.3 is 0 Å². The van der Waals surface area contributed by atoms with Crippen molar-refractivity contribution in [1.82, 2.24) is 10.3 Å². The first-order chi connectivity index (χ1) is 13.3. The Morgan fingerprint density at radius 3 is 2.93 bits per heavy atom. The highest BCUT2D eigenvalue weighted by Gasteiger charge is 2.06. The largest absolute Gasteiger partial charge is 0.464 e. The Labute approximate surface area is 160 Å². The summed E-state index contributed by atoms with van der Waals surface area (Å²) in [7, 11) is 0. The van der Waals surface area contributed by atoms with E-state index in [4.69, 9.17) is 4.42 Å². The first-order valence-corrected chi connectivity index (χ1v) is 9.81. The maximum Gasteiger partial charge on any atom is 0.134 e. The summed E-state index contributed by atoms with van der Waals surface area (Å²) in [5, 5.41) is 7.36. The highest BCUT2D eigenvalue weighted by molar-refractivity contribution is 5.82. The summed E-state index contributed by atoms with van der Waals surface area (Å²) in [5.41, 5.74) is 3.65. The normalized spacial score (nSPS) is 12.6. The lowest BCUT2D eigenvalue weighted by molar-refractivity contribution is 0.489. The van der Waals surface area contributed by atoms with Gasteiger partial charge < -0.3 is 9.73 Å². The molecule has 2 aromatic carbocycles. The summed E-state index contributed by atoms with van der Waals surface area (Å²) in [6, 6.07) is 17.5. The van der Waals surface area contributed by atoms with Crippen LogP contribution in [0, 0.1) is 0 Å². The number of aromatic nitrogens is 1. The van der Waals surface area contributed by atoms with Gasteiger partial charge in [-0.05, 0) is 60.9 Å². The molecule has 0 saturated carbocycles. The average Bonchev–Trinajstić information content (AvgIpc) is 3.13. The highest BCUT2D eigenvalue weighted by atomic mass is 16.3. The zero-order valence-corrected chi connectivity index (χ0v) is 15.8. The number of para-hydroxylation sites is 1. The van der Waals surface area contributed by atoms with Crippen molar-refractivity contribution in [2.45, 2.75) is 45.2 Å². The summed E-state index contributed by atoms with van der Waals surface area (Å²) < 4.78 is 5.63. The SMILES string of the molecule is C[C@H](CCCCc1coc2ccccc12)NCc1ccc2cnccc2c1. The van der Waals surface area contributed by atoms with Gasteiger partial charge in [-0.2, -0.15) is 0 Å². The first-order valence-electron chi connectivity index (χ1n) is 9.81. The van der Waals surface area contributed by atoms with Gasteiger partial charge in [0.1, 0.15) is 5.58 Å². The van der Waals surface area contributed by atoms with Crippen LogP contribution in [0.4, 0.5) is 0 Å². The molecule has 0 radical (unpaired) electrons. The fourth-order valence-electron chi connectivity index (χ4n) is 3.63. The summed E-state index contributed by atoms with van der Waals surface area (Å²) >= 11 is 0. The van der Waals surface area contributed by atoms with Crippen LogP contribution in [0.15, 0.2) is 71.6 Å². The molecule has 27 heavy (non-hydrogen) atoms. The number of fused-ring (bicyclic) bond motifs is 2. The molecule has 0 fully saturated rings. The molecule has 0 aliphatic heterocycles. The lowest BCUT2D eigenvalue weighted by Crippen LogP contribution is -2.25. The Balaban J connectivity index is 1.22. The van der Waals surface area contributed by atoms with E-state index in [0.717, 1.165) is 18.5 Å². The van der Waals surface area contributed by atoms with Crippen molar-refractivity contribution in [2.75, 3.05) is 0 Å². The molecule has 3 heteroatoms. The van der Waals surface area contributed by atoms with Gasteiger partial charge in [0, 0.05) is 35.8 Å². The molecule has 0 spiro atoms. The topological polar surface area (TPSA) is 38.1 Å². The van der Waals surface area contributed by atoms with E-state index in [-0.39, 0.29) is 0 Å². The fraction of sp³-hybridized carbons (Fsp3) is 0.292. The zero-order valence-electron chi connectivity index (χ0n) is 15.8. The van der Waals surface area contributed by atoms with E-state index in [1.807, 2.05) is 30.8 Å². The van der Waals surface area contributed by atoms with Gasteiger partial charge in [0.15, 0.2) is 0 Å². The predicted octanol–water partition coefficient (Wildman–Crippen LogP) is 5.87. The van der Waals surface area contributed by atoms with Crippen molar-refractivity contribution < 1.29 is 4.42 Å². The Kier molecular flexibility index (Phi) is 5.50. The van der Waals surface area contributed by atoms with E-state index < -0.39 is 0 Å². The van der Waals surface area contributed by atoms with Crippen molar-refractivity contribution in [3.8, 4) is 0 Å². The van der Waals surface area contributed by atoms with Gasteiger partial charge in [0.2, 0.25) is 0 Å². The van der Waals surface area contributed by atoms with Crippen LogP contribution in [0.3, 0.4) is 0 Å². The molecule has 0 unspecified atom stereocenters. The van der Waals surface area contributed by atoms with E-state index in [1.54, 1.807) is 0 Å². The summed E-state index contributed by atoms with van der Waals surface area (Å²) in [6.45, 7) is 3.18. The molecule has 0 bridgehead atoms. The number of pyridine rings is 1. The van der Waals surface area contributed by atoms with Crippen LogP contribution >= 0.6 is 0 Å². The molecule has 1 N–H and O–H groups in total. The fourth-order valence-corrected chi connectivity index (χ4v) is 3.63. The van der Waals surface area contributed by atoms with E-state index in [9.17, 15) is 0 Å². The first kappa shape index (κ1) is 17.7. The minimum absolute atomic E-state index is 0.513. The molecule has 0 aliphatic carbocycles. The average molecular weight is 358 g/mol. The number of benzene rings is 2. The third-order valence-electron chi connectivity index (χ3n) is 5.25. The van der Waals surface area contributed by atoms with Gasteiger partial charge in [-0.1, -0.05) is 36.8 Å². The molecule has 3 nitrogen and oxygen atoms in total. The van der Waals surface area contributed by atoms with Gasteiger partial charge in [-0.3, -0.25) is 4.98 Å². The van der Waals surface area contributed by atoms with Crippen molar-refractivity contribution >= 4 is 21.7 Å². The number of hydrogen-bond acceptors (Lipinski definition) is 3. The maximum atomic E-state index is 5.63. The molecule has 1 atom stereocenters. The van der Waals surface area contributed by atoms with E-state index in [2.05, 4.69) is 53.6 Å². The number of unbranched alkanes of at least 4 members (excludes halogenated alkanes) is 1. The quantitative estimate of drug-likeness (QED) is 0.400. The third kappa shape index (κ3) is 4.37. The van der Waals surface area contributed by atoms with Gasteiger partial charge in [0.05, 0.1) is 6.26 Å². The Bertz CT molecular complexity index is 1020. The van der Waals surface area contributed by atoms with Gasteiger partial charge in [-0.25, -0.2) is 0 Å². The minimum atomic E-state index is 0.513. The Hall–Kier alpha value is -2.65. The van der Waals surface area contributed by atoms with Crippen molar-refractivity contribution in [3.63, 3.8) is 0 Å². The van der Waals surface area contributed by atoms with Crippen LogP contribution in [-0.2, 0) is 13.0 Å². The minimum Gasteiger partial charge on any atom is -0.464 e. The predicted molar refractivity (Wildman–Crippen MR) is 112 cm³/mol. The van der Waals surface area contributed by atoms with Crippen LogP contribution in [0.1, 0.15) is 37.3 Å². The molecule has 4 rings (SSSR count). The lowest BCUT2D eigenvalue weighted by atomic mass is 10.0. The third-order valence-corrected chi connectivity index (χ3v) is 5.25. The van der Waals surface area contributed by atoms with Crippen molar-refractivity contribution in [2.24, 2.45) is 0 Å².